The van der Waals surface area contributed by atoms with Gasteiger partial charge in [0.1, 0.15) is 0 Å². The first-order valence-electron chi connectivity index (χ1n) is 4.74. The summed E-state index contributed by atoms with van der Waals surface area (Å²) in [5, 5.41) is 0. The molecule has 0 fully saturated rings. The van der Waals surface area contributed by atoms with Gasteiger partial charge in [-0.15, -0.1) is 0 Å². The monoisotopic (exact) mass is 174 g/mol. The number of rotatable bonds is 0. The number of fused-ring (bicyclic) bond motifs is 1. The Hall–Kier alpha value is -1.11. The molecule has 1 aliphatic carbocycles. The Labute approximate surface area is 78.8 Å². The normalized spacial score (nSPS) is 20.5. The number of carbonyl (C=O) groups excluding carboxylic acids is 1. The number of hydrogen-bond donors (Lipinski definition) is 0. The first kappa shape index (κ1) is 8.49. The van der Waals surface area contributed by atoms with Crippen molar-refractivity contribution >= 4 is 5.78 Å². The molecule has 0 bridgehead atoms. The van der Waals surface area contributed by atoms with Crippen LogP contribution in [0.2, 0.25) is 0 Å². The fourth-order valence-electron chi connectivity index (χ4n) is 2.03. The predicted octanol–water partition coefficient (Wildman–Crippen LogP) is 2.68. The summed E-state index contributed by atoms with van der Waals surface area (Å²) in [6.07, 6.45) is 0.932. The van der Waals surface area contributed by atoms with Gasteiger partial charge in [0.05, 0.1) is 0 Å². The fourth-order valence-corrected chi connectivity index (χ4v) is 2.03. The molecule has 0 aliphatic heterocycles. The van der Waals surface area contributed by atoms with E-state index in [9.17, 15) is 4.79 Å². The molecule has 0 aromatic heterocycles. The van der Waals surface area contributed by atoms with E-state index in [-0.39, 0.29) is 5.92 Å². The maximum atomic E-state index is 11.7. The summed E-state index contributed by atoms with van der Waals surface area (Å²) < 4.78 is 0. The van der Waals surface area contributed by atoms with E-state index in [0.717, 1.165) is 12.0 Å². The lowest BCUT2D eigenvalue weighted by Gasteiger charge is -2.05. The van der Waals surface area contributed by atoms with Crippen LogP contribution in [0.3, 0.4) is 0 Å². The summed E-state index contributed by atoms with van der Waals surface area (Å²) in [4.78, 5) is 11.7. The Bertz CT molecular complexity index is 377. The number of carbonyl (C=O) groups is 1. The van der Waals surface area contributed by atoms with Crippen molar-refractivity contribution in [2.24, 2.45) is 5.92 Å². The molecule has 68 valence electrons. The molecule has 0 spiro atoms. The molecule has 0 saturated carbocycles. The summed E-state index contributed by atoms with van der Waals surface area (Å²) >= 11 is 0. The Morgan fingerprint density at radius 3 is 2.69 bits per heavy atom. The van der Waals surface area contributed by atoms with Crippen molar-refractivity contribution in [3.05, 3.63) is 34.4 Å². The van der Waals surface area contributed by atoms with Gasteiger partial charge in [0.2, 0.25) is 0 Å². The molecular formula is C12H14O. The molecule has 0 heterocycles. The van der Waals surface area contributed by atoms with Gasteiger partial charge < -0.3 is 0 Å². The number of Topliss-reactive ketones (excluding diaryl/α,β-unsaturated/α-hetero) is 1. The van der Waals surface area contributed by atoms with Crippen LogP contribution >= 0.6 is 0 Å². The Morgan fingerprint density at radius 2 is 2.00 bits per heavy atom. The first-order chi connectivity index (χ1) is 6.11. The SMILES string of the molecule is Cc1ccc2c(c1C)CC(C)C2=O. The van der Waals surface area contributed by atoms with E-state index in [2.05, 4.69) is 13.8 Å². The lowest BCUT2D eigenvalue weighted by Crippen LogP contribution is -2.02. The molecule has 1 aromatic carbocycles. The van der Waals surface area contributed by atoms with Gasteiger partial charge in [-0.2, -0.15) is 0 Å². The molecule has 1 heteroatoms. The molecule has 1 nitrogen and oxygen atoms in total. The van der Waals surface area contributed by atoms with Crippen molar-refractivity contribution in [1.29, 1.82) is 0 Å². The van der Waals surface area contributed by atoms with E-state index in [4.69, 9.17) is 0 Å². The zero-order chi connectivity index (χ0) is 9.59. The third kappa shape index (κ3) is 1.11. The number of aryl methyl sites for hydroxylation is 1. The Balaban J connectivity index is 2.64. The maximum Gasteiger partial charge on any atom is 0.166 e. The molecule has 2 rings (SSSR count). The number of ketones is 1. The largest absolute Gasteiger partial charge is 0.294 e. The smallest absolute Gasteiger partial charge is 0.166 e. The van der Waals surface area contributed by atoms with Gasteiger partial charge in [0, 0.05) is 11.5 Å². The van der Waals surface area contributed by atoms with Crippen LogP contribution in [0.5, 0.6) is 0 Å². The van der Waals surface area contributed by atoms with E-state index in [1.807, 2.05) is 19.1 Å². The molecule has 0 amide bonds. The molecule has 0 N–H and O–H groups in total. The molecule has 1 aromatic rings. The van der Waals surface area contributed by atoms with Crippen LogP contribution in [0.1, 0.15) is 34.0 Å². The molecule has 13 heavy (non-hydrogen) atoms. The fraction of sp³-hybridized carbons (Fsp3) is 0.417. The quantitative estimate of drug-likeness (QED) is 0.591. The minimum absolute atomic E-state index is 0.190. The van der Waals surface area contributed by atoms with Crippen molar-refractivity contribution in [1.82, 2.24) is 0 Å². The van der Waals surface area contributed by atoms with E-state index in [1.54, 1.807) is 0 Å². The third-order valence-corrected chi connectivity index (χ3v) is 3.09. The topological polar surface area (TPSA) is 17.1 Å². The van der Waals surface area contributed by atoms with E-state index in [0.29, 0.717) is 5.78 Å². The summed E-state index contributed by atoms with van der Waals surface area (Å²) in [6, 6.07) is 4.02. The van der Waals surface area contributed by atoms with Crippen LogP contribution < -0.4 is 0 Å². The van der Waals surface area contributed by atoms with E-state index >= 15 is 0 Å². The molecule has 1 aliphatic rings. The van der Waals surface area contributed by atoms with Gasteiger partial charge in [-0.05, 0) is 37.0 Å². The molecule has 0 radical (unpaired) electrons. The van der Waals surface area contributed by atoms with Crippen LogP contribution in [-0.2, 0) is 6.42 Å². The molecule has 1 atom stereocenters. The second-order valence-electron chi connectivity index (χ2n) is 4.00. The second kappa shape index (κ2) is 2.69. The van der Waals surface area contributed by atoms with Crippen LogP contribution in [0.4, 0.5) is 0 Å². The van der Waals surface area contributed by atoms with Crippen molar-refractivity contribution in [3.8, 4) is 0 Å². The predicted molar refractivity (Wildman–Crippen MR) is 53.1 cm³/mol. The maximum absolute atomic E-state index is 11.7. The van der Waals surface area contributed by atoms with Gasteiger partial charge in [0.25, 0.3) is 0 Å². The highest BCUT2D eigenvalue weighted by atomic mass is 16.1. The van der Waals surface area contributed by atoms with Crippen molar-refractivity contribution in [3.63, 3.8) is 0 Å². The second-order valence-corrected chi connectivity index (χ2v) is 4.00. The van der Waals surface area contributed by atoms with Crippen molar-refractivity contribution in [2.75, 3.05) is 0 Å². The van der Waals surface area contributed by atoms with Gasteiger partial charge >= 0.3 is 0 Å². The molecule has 1 unspecified atom stereocenters. The van der Waals surface area contributed by atoms with Gasteiger partial charge in [-0.3, -0.25) is 4.79 Å². The Kier molecular flexibility index (Phi) is 1.76. The zero-order valence-electron chi connectivity index (χ0n) is 8.35. The number of benzene rings is 1. The highest BCUT2D eigenvalue weighted by Crippen LogP contribution is 2.30. The van der Waals surface area contributed by atoms with E-state index < -0.39 is 0 Å². The van der Waals surface area contributed by atoms with Gasteiger partial charge in [0.15, 0.2) is 5.78 Å². The third-order valence-electron chi connectivity index (χ3n) is 3.09. The van der Waals surface area contributed by atoms with E-state index in [1.165, 1.54) is 16.7 Å². The summed E-state index contributed by atoms with van der Waals surface area (Å²) in [6.45, 7) is 6.22. The first-order valence-corrected chi connectivity index (χ1v) is 4.74. The molecule has 0 saturated heterocycles. The van der Waals surface area contributed by atoms with Crippen LogP contribution in [0.15, 0.2) is 12.1 Å². The standard InChI is InChI=1S/C12H14O/c1-7-4-5-10-11(9(7)3)6-8(2)12(10)13/h4-5,8H,6H2,1-3H3. The van der Waals surface area contributed by atoms with Crippen LogP contribution in [0, 0.1) is 19.8 Å². The van der Waals surface area contributed by atoms with Crippen LogP contribution in [-0.4, -0.2) is 5.78 Å². The number of hydrogen-bond acceptors (Lipinski definition) is 1. The summed E-state index contributed by atoms with van der Waals surface area (Å²) in [7, 11) is 0. The average molecular weight is 174 g/mol. The average Bonchev–Trinajstić information content (AvgIpc) is 2.38. The molecular weight excluding hydrogens is 160 g/mol. The highest BCUT2D eigenvalue weighted by molar-refractivity contribution is 6.02. The van der Waals surface area contributed by atoms with Crippen molar-refractivity contribution < 1.29 is 4.79 Å². The van der Waals surface area contributed by atoms with Crippen molar-refractivity contribution in [2.45, 2.75) is 27.2 Å². The minimum atomic E-state index is 0.190. The van der Waals surface area contributed by atoms with Gasteiger partial charge in [-0.1, -0.05) is 19.1 Å². The lowest BCUT2D eigenvalue weighted by atomic mass is 10.00. The zero-order valence-corrected chi connectivity index (χ0v) is 8.35. The lowest BCUT2D eigenvalue weighted by molar-refractivity contribution is 0.0946. The Morgan fingerprint density at radius 1 is 1.31 bits per heavy atom. The summed E-state index contributed by atoms with van der Waals surface area (Å²) in [5.74, 6) is 0.508. The highest BCUT2D eigenvalue weighted by Gasteiger charge is 2.28. The minimum Gasteiger partial charge on any atom is -0.294 e. The van der Waals surface area contributed by atoms with Crippen LogP contribution in [0.25, 0.3) is 0 Å². The summed E-state index contributed by atoms with van der Waals surface area (Å²) in [5.41, 5.74) is 4.82. The van der Waals surface area contributed by atoms with Gasteiger partial charge in [-0.25, -0.2) is 0 Å².